The number of ketones is 1. The predicted octanol–water partition coefficient (Wildman–Crippen LogP) is 1.89. The van der Waals surface area contributed by atoms with Gasteiger partial charge in [-0.1, -0.05) is 39.8 Å². The number of rotatable bonds is 8. The molecule has 0 heterocycles. The molecular formula is C16H23NO5S. The zero-order valence-electron chi connectivity index (χ0n) is 13.8. The van der Waals surface area contributed by atoms with Gasteiger partial charge in [0.25, 0.3) is 10.0 Å². The number of Topliss-reactive ketones (excluding diaryl/α,β-unsaturated/α-hetero) is 1. The molecule has 128 valence electrons. The van der Waals surface area contributed by atoms with E-state index < -0.39 is 21.8 Å². The minimum Gasteiger partial charge on any atom is -0.369 e. The maximum absolute atomic E-state index is 12.0. The summed E-state index contributed by atoms with van der Waals surface area (Å²) in [6.45, 7) is 7.08. The van der Waals surface area contributed by atoms with Crippen molar-refractivity contribution in [2.24, 2.45) is 11.8 Å². The molecular weight excluding hydrogens is 318 g/mol. The molecule has 0 saturated carbocycles. The molecule has 1 aromatic rings. The Morgan fingerprint density at radius 2 is 1.61 bits per heavy atom. The summed E-state index contributed by atoms with van der Waals surface area (Å²) < 4.78 is 31.4. The molecule has 0 saturated heterocycles. The molecule has 1 N–H and O–H groups in total. The smallest absolute Gasteiger partial charge is 0.264 e. The van der Waals surface area contributed by atoms with E-state index in [1.165, 1.54) is 12.1 Å². The molecule has 0 aliphatic heterocycles. The molecule has 0 aliphatic rings. The third-order valence-electron chi connectivity index (χ3n) is 3.15. The highest BCUT2D eigenvalue weighted by Crippen LogP contribution is 2.12. The average Bonchev–Trinajstić information content (AvgIpc) is 2.47. The minimum absolute atomic E-state index is 0.00788. The van der Waals surface area contributed by atoms with Gasteiger partial charge in [0, 0.05) is 11.8 Å². The highest BCUT2D eigenvalue weighted by Gasteiger charge is 2.19. The largest absolute Gasteiger partial charge is 0.369 e. The molecule has 1 amide bonds. The molecule has 6 nitrogen and oxygen atoms in total. The van der Waals surface area contributed by atoms with Crippen LogP contribution in [0.5, 0.6) is 0 Å². The molecule has 23 heavy (non-hydrogen) atoms. The Kier molecular flexibility index (Phi) is 6.90. The highest BCUT2D eigenvalue weighted by molar-refractivity contribution is 7.90. The van der Waals surface area contributed by atoms with E-state index >= 15 is 0 Å². The van der Waals surface area contributed by atoms with Crippen molar-refractivity contribution in [3.8, 4) is 0 Å². The summed E-state index contributed by atoms with van der Waals surface area (Å²) in [5.74, 6) is -1.03. The molecule has 0 aliphatic carbocycles. The quantitative estimate of drug-likeness (QED) is 0.780. The summed E-state index contributed by atoms with van der Waals surface area (Å²) in [5.41, 5.74) is 0.746. The fraction of sp³-hybridized carbons (Fsp3) is 0.500. The number of carbonyl (C=O) groups is 2. The Balaban J connectivity index is 2.66. The normalized spacial score (nSPS) is 11.7. The maximum Gasteiger partial charge on any atom is 0.264 e. The van der Waals surface area contributed by atoms with E-state index in [-0.39, 0.29) is 29.8 Å². The molecule has 1 rings (SSSR count). The van der Waals surface area contributed by atoms with Crippen LogP contribution in [-0.4, -0.2) is 26.7 Å². The maximum atomic E-state index is 12.0. The molecule has 0 spiro atoms. The highest BCUT2D eigenvalue weighted by atomic mass is 32.2. The van der Waals surface area contributed by atoms with Gasteiger partial charge >= 0.3 is 0 Å². The summed E-state index contributed by atoms with van der Waals surface area (Å²) in [7, 11) is -3.86. The van der Waals surface area contributed by atoms with Crippen LogP contribution in [0, 0.1) is 11.8 Å². The monoisotopic (exact) mass is 341 g/mol. The lowest BCUT2D eigenvalue weighted by atomic mass is 10.1. The second-order valence-electron chi connectivity index (χ2n) is 5.88. The second kappa shape index (κ2) is 8.21. The molecule has 0 radical (unpaired) electrons. The Labute approximate surface area is 137 Å². The molecule has 0 atom stereocenters. The first-order valence-corrected chi connectivity index (χ1v) is 8.88. The van der Waals surface area contributed by atoms with Crippen LogP contribution in [0.2, 0.25) is 0 Å². The van der Waals surface area contributed by atoms with E-state index in [0.29, 0.717) is 0 Å². The second-order valence-corrected chi connectivity index (χ2v) is 7.56. The standard InChI is InChI=1S/C16H23NO5S/c1-11(2)15(18)10-22-9-13-5-7-14(8-6-13)23(20,21)17-16(19)12(3)4/h5-8,11-12H,9-10H2,1-4H3,(H,17,19). The number of sulfonamides is 1. The van der Waals surface area contributed by atoms with Crippen LogP contribution in [0.1, 0.15) is 33.3 Å². The first-order chi connectivity index (χ1) is 10.6. The molecule has 7 heteroatoms. The topological polar surface area (TPSA) is 89.5 Å². The van der Waals surface area contributed by atoms with Gasteiger partial charge in [-0.05, 0) is 17.7 Å². The number of carbonyl (C=O) groups excluding carboxylic acids is 2. The van der Waals surface area contributed by atoms with Crippen LogP contribution in [0.25, 0.3) is 0 Å². The molecule has 0 unspecified atom stereocenters. The van der Waals surface area contributed by atoms with Crippen molar-refractivity contribution in [1.29, 1.82) is 0 Å². The average molecular weight is 341 g/mol. The van der Waals surface area contributed by atoms with Gasteiger partial charge in [0.2, 0.25) is 5.91 Å². The van der Waals surface area contributed by atoms with E-state index in [1.807, 2.05) is 4.72 Å². The van der Waals surface area contributed by atoms with Crippen LogP contribution in [0.15, 0.2) is 29.2 Å². The van der Waals surface area contributed by atoms with Gasteiger partial charge in [0.15, 0.2) is 5.78 Å². The van der Waals surface area contributed by atoms with E-state index in [0.717, 1.165) is 5.56 Å². The fourth-order valence-corrected chi connectivity index (χ4v) is 2.62. The van der Waals surface area contributed by atoms with E-state index in [2.05, 4.69) is 0 Å². The third kappa shape index (κ3) is 6.11. The lowest BCUT2D eigenvalue weighted by Crippen LogP contribution is -2.33. The first kappa shape index (κ1) is 19.3. The molecule has 0 aromatic heterocycles. The SMILES string of the molecule is CC(C)C(=O)COCc1ccc(S(=O)(=O)NC(=O)C(C)C)cc1. The van der Waals surface area contributed by atoms with Crippen molar-refractivity contribution in [2.45, 2.75) is 39.2 Å². The van der Waals surface area contributed by atoms with Gasteiger partial charge in [-0.3, -0.25) is 9.59 Å². The zero-order valence-corrected chi connectivity index (χ0v) is 14.6. The van der Waals surface area contributed by atoms with Gasteiger partial charge in [0.1, 0.15) is 6.61 Å². The Morgan fingerprint density at radius 1 is 1.04 bits per heavy atom. The first-order valence-electron chi connectivity index (χ1n) is 7.39. The lowest BCUT2D eigenvalue weighted by Gasteiger charge is -2.10. The van der Waals surface area contributed by atoms with Gasteiger partial charge in [0.05, 0.1) is 11.5 Å². The van der Waals surface area contributed by atoms with Crippen LogP contribution in [0.4, 0.5) is 0 Å². The third-order valence-corrected chi connectivity index (χ3v) is 4.51. The van der Waals surface area contributed by atoms with Gasteiger partial charge in [-0.25, -0.2) is 13.1 Å². The van der Waals surface area contributed by atoms with E-state index in [9.17, 15) is 18.0 Å². The zero-order chi connectivity index (χ0) is 17.6. The van der Waals surface area contributed by atoms with Crippen molar-refractivity contribution >= 4 is 21.7 Å². The van der Waals surface area contributed by atoms with Crippen LogP contribution in [-0.2, 0) is 31.0 Å². The van der Waals surface area contributed by atoms with Gasteiger partial charge < -0.3 is 4.74 Å². The van der Waals surface area contributed by atoms with Crippen LogP contribution in [0.3, 0.4) is 0 Å². The number of benzene rings is 1. The Hall–Kier alpha value is -1.73. The van der Waals surface area contributed by atoms with Crippen molar-refractivity contribution in [1.82, 2.24) is 4.72 Å². The van der Waals surface area contributed by atoms with Crippen LogP contribution >= 0.6 is 0 Å². The van der Waals surface area contributed by atoms with Crippen molar-refractivity contribution in [3.05, 3.63) is 29.8 Å². The van der Waals surface area contributed by atoms with Crippen molar-refractivity contribution in [3.63, 3.8) is 0 Å². The number of hydrogen-bond donors (Lipinski definition) is 1. The Morgan fingerprint density at radius 3 is 2.09 bits per heavy atom. The van der Waals surface area contributed by atoms with E-state index in [1.54, 1.807) is 39.8 Å². The summed E-state index contributed by atoms with van der Waals surface area (Å²) in [6, 6.07) is 5.99. The fourth-order valence-electron chi connectivity index (χ4n) is 1.51. The number of nitrogens with one attached hydrogen (secondary N) is 1. The summed E-state index contributed by atoms with van der Waals surface area (Å²) in [4.78, 5) is 23.0. The van der Waals surface area contributed by atoms with Crippen molar-refractivity contribution < 1.29 is 22.7 Å². The minimum atomic E-state index is -3.86. The lowest BCUT2D eigenvalue weighted by molar-refractivity contribution is -0.127. The van der Waals surface area contributed by atoms with Gasteiger partial charge in [-0.15, -0.1) is 0 Å². The summed E-state index contributed by atoms with van der Waals surface area (Å²) in [6.07, 6.45) is 0. The summed E-state index contributed by atoms with van der Waals surface area (Å²) >= 11 is 0. The van der Waals surface area contributed by atoms with Gasteiger partial charge in [-0.2, -0.15) is 0 Å². The number of amides is 1. The number of ether oxygens (including phenoxy) is 1. The van der Waals surface area contributed by atoms with Crippen LogP contribution < -0.4 is 4.72 Å². The summed E-state index contributed by atoms with van der Waals surface area (Å²) in [5, 5.41) is 0. The Bertz CT molecular complexity index is 648. The van der Waals surface area contributed by atoms with E-state index in [4.69, 9.17) is 4.74 Å². The molecule has 0 fully saturated rings. The molecule has 0 bridgehead atoms. The molecule has 1 aromatic carbocycles. The number of hydrogen-bond acceptors (Lipinski definition) is 5. The predicted molar refractivity (Wildman–Crippen MR) is 86.1 cm³/mol. The van der Waals surface area contributed by atoms with Crippen molar-refractivity contribution in [2.75, 3.05) is 6.61 Å².